The van der Waals surface area contributed by atoms with Gasteiger partial charge < -0.3 is 9.73 Å². The van der Waals surface area contributed by atoms with Crippen molar-refractivity contribution >= 4 is 26.9 Å². The molecular formula is C17H17BrN2O. The Balaban J connectivity index is 1.79. The van der Waals surface area contributed by atoms with Gasteiger partial charge in [-0.1, -0.05) is 15.9 Å². The van der Waals surface area contributed by atoms with Gasteiger partial charge in [-0.3, -0.25) is 4.98 Å². The summed E-state index contributed by atoms with van der Waals surface area (Å²) in [5.41, 5.74) is 2.13. The highest BCUT2D eigenvalue weighted by Gasteiger charge is 2.15. The van der Waals surface area contributed by atoms with E-state index in [1.165, 1.54) is 5.56 Å². The van der Waals surface area contributed by atoms with Crippen LogP contribution < -0.4 is 5.32 Å². The van der Waals surface area contributed by atoms with Crippen molar-refractivity contribution in [3.05, 3.63) is 64.6 Å². The highest BCUT2D eigenvalue weighted by molar-refractivity contribution is 9.10. The zero-order valence-electron chi connectivity index (χ0n) is 12.0. The number of benzene rings is 1. The Kier molecular flexibility index (Phi) is 4.08. The number of nitrogens with one attached hydrogen (secondary N) is 1. The topological polar surface area (TPSA) is 38.1 Å². The Bertz CT molecular complexity index is 739. The van der Waals surface area contributed by atoms with E-state index in [0.717, 1.165) is 21.2 Å². The predicted molar refractivity (Wildman–Crippen MR) is 88.1 cm³/mol. The number of rotatable bonds is 4. The van der Waals surface area contributed by atoms with Crippen LogP contribution >= 0.6 is 15.9 Å². The van der Waals surface area contributed by atoms with Crippen LogP contribution in [0.4, 0.5) is 0 Å². The number of hydrogen-bond acceptors (Lipinski definition) is 3. The summed E-state index contributed by atoms with van der Waals surface area (Å²) in [5.74, 6) is 0.948. The first-order valence-electron chi connectivity index (χ1n) is 6.98. The molecule has 0 saturated carbocycles. The Labute approximate surface area is 132 Å². The van der Waals surface area contributed by atoms with Crippen LogP contribution in [0.15, 0.2) is 57.7 Å². The van der Waals surface area contributed by atoms with Crippen molar-refractivity contribution in [1.29, 1.82) is 0 Å². The molecule has 0 amide bonds. The van der Waals surface area contributed by atoms with Crippen LogP contribution in [0.2, 0.25) is 0 Å². The molecule has 0 aliphatic carbocycles. The van der Waals surface area contributed by atoms with Gasteiger partial charge in [0.1, 0.15) is 11.3 Å². The molecular weight excluding hydrogens is 328 g/mol. The monoisotopic (exact) mass is 344 g/mol. The van der Waals surface area contributed by atoms with E-state index in [-0.39, 0.29) is 12.1 Å². The highest BCUT2D eigenvalue weighted by atomic mass is 79.9. The second-order valence-corrected chi connectivity index (χ2v) is 6.14. The maximum Gasteiger partial charge on any atom is 0.134 e. The van der Waals surface area contributed by atoms with E-state index >= 15 is 0 Å². The molecule has 0 fully saturated rings. The number of halogens is 1. The molecule has 21 heavy (non-hydrogen) atoms. The van der Waals surface area contributed by atoms with E-state index in [9.17, 15) is 0 Å². The van der Waals surface area contributed by atoms with E-state index in [0.29, 0.717) is 0 Å². The van der Waals surface area contributed by atoms with Crippen molar-refractivity contribution in [1.82, 2.24) is 10.3 Å². The summed E-state index contributed by atoms with van der Waals surface area (Å²) < 4.78 is 6.99. The third kappa shape index (κ3) is 3.17. The summed E-state index contributed by atoms with van der Waals surface area (Å²) in [5, 5.41) is 4.67. The fourth-order valence-corrected chi connectivity index (χ4v) is 2.83. The fraction of sp³-hybridized carbons (Fsp3) is 0.235. The molecule has 108 valence electrons. The van der Waals surface area contributed by atoms with Crippen molar-refractivity contribution in [3.8, 4) is 0 Å². The van der Waals surface area contributed by atoms with Crippen molar-refractivity contribution in [2.75, 3.05) is 0 Å². The van der Waals surface area contributed by atoms with Gasteiger partial charge in [-0.15, -0.1) is 0 Å². The van der Waals surface area contributed by atoms with Crippen molar-refractivity contribution in [2.45, 2.75) is 25.9 Å². The maximum atomic E-state index is 5.93. The molecule has 3 aromatic rings. The van der Waals surface area contributed by atoms with Gasteiger partial charge in [0.05, 0.1) is 6.04 Å². The largest absolute Gasteiger partial charge is 0.459 e. The normalized spacial score (nSPS) is 14.2. The standard InChI is InChI=1S/C17H17BrN2O/c1-11(13-5-7-19-8-6-13)20-12(2)17-10-14-9-15(18)3-4-16(14)21-17/h3-12,20H,1-2H3/t11-,12?/m1/s1. The lowest BCUT2D eigenvalue weighted by atomic mass is 10.1. The SMILES string of the molecule is CC(N[C@H](C)c1ccncc1)c1cc2cc(Br)ccc2o1. The minimum atomic E-state index is 0.138. The molecule has 0 spiro atoms. The van der Waals surface area contributed by atoms with Gasteiger partial charge in [0.25, 0.3) is 0 Å². The van der Waals surface area contributed by atoms with E-state index in [1.807, 2.05) is 36.7 Å². The molecule has 1 aromatic carbocycles. The van der Waals surface area contributed by atoms with Crippen LogP contribution in [-0.4, -0.2) is 4.98 Å². The lowest BCUT2D eigenvalue weighted by molar-refractivity contribution is 0.417. The van der Waals surface area contributed by atoms with Crippen molar-refractivity contribution in [3.63, 3.8) is 0 Å². The number of fused-ring (bicyclic) bond motifs is 1. The van der Waals surface area contributed by atoms with Crippen molar-refractivity contribution < 1.29 is 4.42 Å². The van der Waals surface area contributed by atoms with Gasteiger partial charge in [0.15, 0.2) is 0 Å². The number of nitrogens with zero attached hydrogens (tertiary/aromatic N) is 1. The Morgan fingerprint density at radius 2 is 1.81 bits per heavy atom. The summed E-state index contributed by atoms with van der Waals surface area (Å²) in [6, 6.07) is 12.6. The minimum Gasteiger partial charge on any atom is -0.459 e. The molecule has 4 heteroatoms. The Morgan fingerprint density at radius 1 is 1.05 bits per heavy atom. The van der Waals surface area contributed by atoms with Gasteiger partial charge in [-0.2, -0.15) is 0 Å². The maximum absolute atomic E-state index is 5.93. The molecule has 1 unspecified atom stereocenters. The van der Waals surface area contributed by atoms with Crippen molar-refractivity contribution in [2.24, 2.45) is 0 Å². The first-order chi connectivity index (χ1) is 10.1. The van der Waals surface area contributed by atoms with E-state index in [4.69, 9.17) is 4.42 Å². The number of hydrogen-bond donors (Lipinski definition) is 1. The lowest BCUT2D eigenvalue weighted by Crippen LogP contribution is -2.22. The van der Waals surface area contributed by atoms with Crippen LogP contribution in [0, 0.1) is 0 Å². The van der Waals surface area contributed by atoms with Gasteiger partial charge in [-0.05, 0) is 55.8 Å². The van der Waals surface area contributed by atoms with Gasteiger partial charge in [-0.25, -0.2) is 0 Å². The molecule has 1 N–H and O–H groups in total. The third-order valence-electron chi connectivity index (χ3n) is 3.63. The van der Waals surface area contributed by atoms with Gasteiger partial charge >= 0.3 is 0 Å². The number of pyridine rings is 1. The molecule has 0 bridgehead atoms. The van der Waals surface area contributed by atoms with E-state index in [2.05, 4.69) is 52.2 Å². The van der Waals surface area contributed by atoms with E-state index in [1.54, 1.807) is 0 Å². The molecule has 2 aromatic heterocycles. The quantitative estimate of drug-likeness (QED) is 0.723. The van der Waals surface area contributed by atoms with Crippen LogP contribution in [0.25, 0.3) is 11.0 Å². The molecule has 0 aliphatic heterocycles. The molecule has 2 atom stereocenters. The first kappa shape index (κ1) is 14.3. The average Bonchev–Trinajstić information content (AvgIpc) is 2.91. The summed E-state index contributed by atoms with van der Waals surface area (Å²) in [6.07, 6.45) is 3.63. The summed E-state index contributed by atoms with van der Waals surface area (Å²) in [4.78, 5) is 4.05. The molecule has 3 nitrogen and oxygen atoms in total. The zero-order chi connectivity index (χ0) is 14.8. The molecule has 0 saturated heterocycles. The molecule has 0 radical (unpaired) electrons. The number of furan rings is 1. The summed E-state index contributed by atoms with van der Waals surface area (Å²) in [7, 11) is 0. The predicted octanol–water partition coefficient (Wildman–Crippen LogP) is 5.00. The zero-order valence-corrected chi connectivity index (χ0v) is 13.6. The fourth-order valence-electron chi connectivity index (χ4n) is 2.45. The summed E-state index contributed by atoms with van der Waals surface area (Å²) in [6.45, 7) is 4.26. The molecule has 3 rings (SSSR count). The average molecular weight is 345 g/mol. The second kappa shape index (κ2) is 6.00. The lowest BCUT2D eigenvalue weighted by Gasteiger charge is -2.18. The highest BCUT2D eigenvalue weighted by Crippen LogP contribution is 2.27. The Morgan fingerprint density at radius 3 is 2.57 bits per heavy atom. The first-order valence-corrected chi connectivity index (χ1v) is 7.78. The Hall–Kier alpha value is -1.65. The van der Waals surface area contributed by atoms with Gasteiger partial charge in [0, 0.05) is 28.3 Å². The second-order valence-electron chi connectivity index (χ2n) is 5.22. The number of aromatic nitrogens is 1. The summed E-state index contributed by atoms with van der Waals surface area (Å²) >= 11 is 3.49. The van der Waals surface area contributed by atoms with Crippen LogP contribution in [0.5, 0.6) is 0 Å². The minimum absolute atomic E-state index is 0.138. The molecule has 2 heterocycles. The van der Waals surface area contributed by atoms with Crippen LogP contribution in [0.3, 0.4) is 0 Å². The van der Waals surface area contributed by atoms with Crippen LogP contribution in [0.1, 0.15) is 37.3 Å². The molecule has 0 aliphatic rings. The van der Waals surface area contributed by atoms with Crippen LogP contribution in [-0.2, 0) is 0 Å². The smallest absolute Gasteiger partial charge is 0.134 e. The van der Waals surface area contributed by atoms with Gasteiger partial charge in [0.2, 0.25) is 0 Å². The third-order valence-corrected chi connectivity index (χ3v) is 4.12. The van der Waals surface area contributed by atoms with E-state index < -0.39 is 0 Å².